The van der Waals surface area contributed by atoms with Crippen LogP contribution in [0.3, 0.4) is 0 Å². The summed E-state index contributed by atoms with van der Waals surface area (Å²) in [5.41, 5.74) is 0. The molecule has 0 atom stereocenters. The Kier molecular flexibility index (Phi) is 9.27. The van der Waals surface area contributed by atoms with Crippen LogP contribution in [0.1, 0.15) is 6.92 Å². The summed E-state index contributed by atoms with van der Waals surface area (Å²) in [6, 6.07) is 0. The van der Waals surface area contributed by atoms with Gasteiger partial charge in [0.2, 0.25) is 0 Å². The molecule has 1 nitrogen and oxygen atoms in total. The minimum atomic E-state index is -4.62. The van der Waals surface area contributed by atoms with Crippen LogP contribution in [0.2, 0.25) is 0 Å². The molecule has 0 fully saturated rings. The van der Waals surface area contributed by atoms with Crippen molar-refractivity contribution in [2.24, 2.45) is 0 Å². The van der Waals surface area contributed by atoms with Crippen LogP contribution < -0.4 is 0 Å². The summed E-state index contributed by atoms with van der Waals surface area (Å²) in [6.45, 7) is -0.667. The van der Waals surface area contributed by atoms with E-state index >= 15 is 0 Å². The molecule has 11 heavy (non-hydrogen) atoms. The van der Waals surface area contributed by atoms with Gasteiger partial charge in [0.05, 0.1) is 0 Å². The topological polar surface area (TPSA) is 9.23 Å². The van der Waals surface area contributed by atoms with Gasteiger partial charge in [0, 0.05) is 6.61 Å². The minimum Gasteiger partial charge on any atom is -0.351 e. The lowest BCUT2D eigenvalue weighted by Crippen LogP contribution is -2.08. The quantitative estimate of drug-likeness (QED) is 0.593. The third-order valence-corrected chi connectivity index (χ3v) is 0.433. The maximum atomic E-state index is 10.8. The third-order valence-electron chi connectivity index (χ3n) is 0.433. The van der Waals surface area contributed by atoms with Crippen LogP contribution in [-0.4, -0.2) is 26.3 Å². The molecule has 0 aliphatic carbocycles. The first-order valence-corrected chi connectivity index (χ1v) is 2.74. The second-order valence-corrected chi connectivity index (χ2v) is 1.35. The maximum absolute atomic E-state index is 10.8. The monoisotopic (exact) mass is 180 g/mol. The highest BCUT2D eigenvalue weighted by atomic mass is 19.4. The maximum Gasteiger partial charge on any atom is 0.416 e. The van der Waals surface area contributed by atoms with Gasteiger partial charge in [-0.15, -0.1) is 0 Å². The Morgan fingerprint density at radius 3 is 1.55 bits per heavy atom. The molecular weight excluding hydrogens is 171 g/mol. The van der Waals surface area contributed by atoms with Gasteiger partial charge in [0.1, 0.15) is 0 Å². The van der Waals surface area contributed by atoms with Gasteiger partial charge in [-0.2, -0.15) is 13.2 Å². The molecule has 0 aromatic carbocycles. The molecule has 0 heterocycles. The van der Waals surface area contributed by atoms with Crippen molar-refractivity contribution in [3.8, 4) is 0 Å². The van der Waals surface area contributed by atoms with Crippen LogP contribution in [0.15, 0.2) is 0 Å². The third kappa shape index (κ3) is 26.2. The smallest absolute Gasteiger partial charge is 0.351 e. The normalized spacial score (nSPS) is 10.4. The van der Waals surface area contributed by atoms with E-state index in [2.05, 4.69) is 4.74 Å². The summed E-state index contributed by atoms with van der Waals surface area (Å²) in [4.78, 5) is 0. The molecule has 0 radical (unpaired) electrons. The van der Waals surface area contributed by atoms with Crippen LogP contribution in [0, 0.1) is 0 Å². The fourth-order valence-electron chi connectivity index (χ4n) is 0.0772. The molecule has 0 amide bonds. The number of alkyl halides is 5. The lowest BCUT2D eigenvalue weighted by atomic mass is 10.8. The second-order valence-electron chi connectivity index (χ2n) is 1.35. The molecule has 0 aliphatic rings. The van der Waals surface area contributed by atoms with Gasteiger partial charge in [-0.25, -0.2) is 8.78 Å². The fraction of sp³-hybridized carbons (Fsp3) is 1.00. The molecule has 0 unspecified atom stereocenters. The molecule has 0 bridgehead atoms. The average Bonchev–Trinajstić information content (AvgIpc) is 1.90. The molecule has 0 aliphatic heterocycles. The first-order valence-electron chi connectivity index (χ1n) is 2.74. The highest BCUT2D eigenvalue weighted by Gasteiger charge is 2.26. The molecule has 70 valence electrons. The van der Waals surface area contributed by atoms with Crippen LogP contribution in [0.4, 0.5) is 22.0 Å². The molecule has 0 rings (SSSR count). The Labute approximate surface area is 61.1 Å². The Balaban J connectivity index is 0. The number of halogens is 5. The molecule has 0 saturated heterocycles. The predicted octanol–water partition coefficient (Wildman–Crippen LogP) is 2.47. The van der Waals surface area contributed by atoms with Crippen LogP contribution in [0.5, 0.6) is 0 Å². The second kappa shape index (κ2) is 7.71. The molecule has 0 aromatic rings. The zero-order valence-electron chi connectivity index (χ0n) is 5.92. The van der Waals surface area contributed by atoms with E-state index in [0.717, 1.165) is 0 Å². The average molecular weight is 180 g/mol. The van der Waals surface area contributed by atoms with E-state index in [4.69, 9.17) is 0 Å². The zero-order valence-corrected chi connectivity index (χ0v) is 5.92. The van der Waals surface area contributed by atoms with E-state index in [0.29, 0.717) is 6.61 Å². The lowest BCUT2D eigenvalue weighted by Gasteiger charge is -1.93. The Bertz CT molecular complexity index is 69.8. The molecule has 0 spiro atoms. The van der Waals surface area contributed by atoms with E-state index in [9.17, 15) is 22.0 Å². The molecule has 0 aromatic heterocycles. The highest BCUT2D eigenvalue weighted by molar-refractivity contribution is 4.39. The fourth-order valence-corrected chi connectivity index (χ4v) is 0.0772. The van der Waals surface area contributed by atoms with Gasteiger partial charge in [0.15, 0.2) is 13.5 Å². The summed E-state index contributed by atoms with van der Waals surface area (Å²) < 4.78 is 56.5. The number of hydrogen-bond acceptors (Lipinski definition) is 1. The summed E-state index contributed by atoms with van der Waals surface area (Å²) in [5, 5.41) is 0. The van der Waals surface area contributed by atoms with Gasteiger partial charge in [0.25, 0.3) is 0 Å². The van der Waals surface area contributed by atoms with Gasteiger partial charge in [-0.3, -0.25) is 0 Å². The van der Waals surface area contributed by atoms with E-state index < -0.39 is 19.7 Å². The summed E-state index contributed by atoms with van der Waals surface area (Å²) in [5.74, 6) is 0. The lowest BCUT2D eigenvalue weighted by molar-refractivity contribution is -0.142. The van der Waals surface area contributed by atoms with Crippen molar-refractivity contribution in [1.82, 2.24) is 0 Å². The van der Waals surface area contributed by atoms with E-state index in [1.165, 1.54) is 0 Å². The Morgan fingerprint density at radius 1 is 1.18 bits per heavy atom. The number of rotatable bonds is 2. The van der Waals surface area contributed by atoms with Crippen LogP contribution in [-0.2, 0) is 4.74 Å². The highest BCUT2D eigenvalue weighted by Crippen LogP contribution is 2.13. The summed E-state index contributed by atoms with van der Waals surface area (Å²) in [7, 11) is 0. The van der Waals surface area contributed by atoms with Crippen LogP contribution >= 0.6 is 0 Å². The summed E-state index contributed by atoms with van der Waals surface area (Å²) >= 11 is 0. The van der Waals surface area contributed by atoms with Gasteiger partial charge in [-0.1, -0.05) is 0 Å². The standard InChI is InChI=1S/C3H7FO.C2H2F4/c1-2-5-3-4;3-1-2(4,5)6/h2-3H2,1H3;1H2. The Morgan fingerprint density at radius 2 is 1.55 bits per heavy atom. The molecule has 0 saturated carbocycles. The van der Waals surface area contributed by atoms with Crippen molar-refractivity contribution in [1.29, 1.82) is 0 Å². The van der Waals surface area contributed by atoms with Gasteiger partial charge >= 0.3 is 6.18 Å². The number of ether oxygens (including phenoxy) is 1. The van der Waals surface area contributed by atoms with E-state index in [-0.39, 0.29) is 0 Å². The van der Waals surface area contributed by atoms with E-state index in [1.807, 2.05) is 0 Å². The zero-order chi connectivity index (χ0) is 9.33. The molecular formula is C5H9F5O. The van der Waals surface area contributed by atoms with Crippen molar-refractivity contribution in [3.63, 3.8) is 0 Å². The SMILES string of the molecule is CCOCF.FCC(F)(F)F. The van der Waals surface area contributed by atoms with Gasteiger partial charge < -0.3 is 4.74 Å². The van der Waals surface area contributed by atoms with Crippen molar-refractivity contribution in [2.45, 2.75) is 13.1 Å². The van der Waals surface area contributed by atoms with Crippen molar-refractivity contribution in [3.05, 3.63) is 0 Å². The molecule has 0 N–H and O–H groups in total. The van der Waals surface area contributed by atoms with Crippen molar-refractivity contribution < 1.29 is 26.7 Å². The first-order chi connectivity index (χ1) is 4.97. The van der Waals surface area contributed by atoms with Crippen LogP contribution in [0.25, 0.3) is 0 Å². The van der Waals surface area contributed by atoms with Crippen molar-refractivity contribution in [2.75, 3.05) is 20.1 Å². The minimum absolute atomic E-state index is 0.469. The van der Waals surface area contributed by atoms with Crippen molar-refractivity contribution >= 4 is 0 Å². The first kappa shape index (κ1) is 13.2. The summed E-state index contributed by atoms with van der Waals surface area (Å²) in [6.07, 6.45) is -4.62. The predicted molar refractivity (Wildman–Crippen MR) is 29.6 cm³/mol. The van der Waals surface area contributed by atoms with E-state index in [1.54, 1.807) is 6.92 Å². The largest absolute Gasteiger partial charge is 0.416 e. The number of hydrogen-bond donors (Lipinski definition) is 0. The van der Waals surface area contributed by atoms with Gasteiger partial charge in [-0.05, 0) is 6.92 Å². The molecule has 6 heteroatoms. The Hall–Kier alpha value is -0.390.